The fraction of sp³-hybridized carbons (Fsp3) is 0.897. The summed E-state index contributed by atoms with van der Waals surface area (Å²) in [7, 11) is -9.93. The fourth-order valence-electron chi connectivity index (χ4n) is 11.4. The lowest BCUT2D eigenvalue weighted by Gasteiger charge is -2.21. The highest BCUT2D eigenvalue weighted by atomic mass is 31.2. The van der Waals surface area contributed by atoms with Gasteiger partial charge in [0.05, 0.1) is 26.4 Å². The van der Waals surface area contributed by atoms with Crippen LogP contribution in [0.3, 0.4) is 0 Å². The summed E-state index contributed by atoms with van der Waals surface area (Å²) in [5.41, 5.74) is 0. The third kappa shape index (κ3) is 70.4. The number of ether oxygens (including phenoxy) is 4. The van der Waals surface area contributed by atoms with E-state index in [4.69, 9.17) is 37.0 Å². The summed E-state index contributed by atoms with van der Waals surface area (Å²) in [6.45, 7) is 9.51. The summed E-state index contributed by atoms with van der Waals surface area (Å²) < 4.78 is 68.6. The van der Waals surface area contributed by atoms with Gasteiger partial charge in [-0.15, -0.1) is 0 Å². The molecule has 3 unspecified atom stereocenters. The smallest absolute Gasteiger partial charge is 0.462 e. The molecule has 0 aliphatic heterocycles. The highest BCUT2D eigenvalue weighted by Crippen LogP contribution is 2.45. The van der Waals surface area contributed by atoms with E-state index in [9.17, 15) is 43.2 Å². The van der Waals surface area contributed by atoms with Crippen molar-refractivity contribution in [3.63, 3.8) is 0 Å². The Morgan fingerprint density at radius 1 is 0.340 bits per heavy atom. The summed E-state index contributed by atoms with van der Waals surface area (Å²) in [5, 5.41) is 10.6. The molecular weight excluding hydrogens is 1270 g/mol. The summed E-state index contributed by atoms with van der Waals surface area (Å²) in [6.07, 6.45) is 60.4. The minimum absolute atomic E-state index is 0.101. The Bertz CT molecular complexity index is 1970. The molecule has 0 aromatic carbocycles. The second kappa shape index (κ2) is 69.3. The Morgan fingerprint density at radius 3 is 0.928 bits per heavy atom. The van der Waals surface area contributed by atoms with Crippen molar-refractivity contribution >= 4 is 39.5 Å². The summed E-state index contributed by atoms with van der Waals surface area (Å²) in [6, 6.07) is 0. The minimum atomic E-state index is -4.97. The molecule has 572 valence electrons. The van der Waals surface area contributed by atoms with E-state index in [1.54, 1.807) is 0 Å². The lowest BCUT2D eigenvalue weighted by Crippen LogP contribution is -2.30. The summed E-state index contributed by atoms with van der Waals surface area (Å²) >= 11 is 0. The summed E-state index contributed by atoms with van der Waals surface area (Å²) in [4.78, 5) is 72.9. The summed E-state index contributed by atoms with van der Waals surface area (Å²) in [5.74, 6) is -0.639. The number of hydrogen-bond donors (Lipinski definition) is 3. The zero-order valence-electron chi connectivity index (χ0n) is 62.9. The molecule has 0 aliphatic rings. The van der Waals surface area contributed by atoms with Gasteiger partial charge in [0.15, 0.2) is 12.2 Å². The lowest BCUT2D eigenvalue weighted by molar-refractivity contribution is -0.161. The first-order valence-electron chi connectivity index (χ1n) is 39.8. The molecule has 0 saturated heterocycles. The number of esters is 4. The van der Waals surface area contributed by atoms with E-state index in [2.05, 4.69) is 65.8 Å². The van der Waals surface area contributed by atoms with E-state index >= 15 is 0 Å². The van der Waals surface area contributed by atoms with Crippen LogP contribution in [0.1, 0.15) is 382 Å². The second-order valence-electron chi connectivity index (χ2n) is 28.1. The van der Waals surface area contributed by atoms with Crippen molar-refractivity contribution in [2.24, 2.45) is 11.8 Å². The molecule has 0 rings (SSSR count). The standard InChI is InChI=1S/C78H148O17P2/c1-7-10-12-14-16-18-20-22-24-25-27-29-34-38-42-50-56-62-77(82)94-73(66-88-75(80)60-54-48-41-37-33-28-26-23-21-19-17-15-13-11-8-2)68-92-96(84,85)90-64-72(79)65-91-97(86,87)93-69-74(67-89-76(81)61-55-49-45-44-47-53-59-71(6)9-3)95-78(83)63-57-51-43-39-35-31-30-32-36-40-46-52-58-70(4)5/h19,21,23,26,70-74,79H,7-18,20,22,24-25,27-69H2,1-6H3,(H,84,85)(H,86,87)/b21-19-,26-23-/t71?,72-,73-,74-/m1/s1. The number of carbonyl (C=O) groups excluding carboxylic acids is 4. The van der Waals surface area contributed by atoms with E-state index < -0.39 is 97.5 Å². The monoisotopic (exact) mass is 1420 g/mol. The molecule has 0 bridgehead atoms. The van der Waals surface area contributed by atoms with Crippen molar-refractivity contribution in [2.75, 3.05) is 39.6 Å². The average molecular weight is 1420 g/mol. The molecule has 0 aliphatic carbocycles. The van der Waals surface area contributed by atoms with Crippen molar-refractivity contribution in [3.8, 4) is 0 Å². The van der Waals surface area contributed by atoms with Crippen LogP contribution in [0.15, 0.2) is 24.3 Å². The van der Waals surface area contributed by atoms with Gasteiger partial charge in [-0.25, -0.2) is 9.13 Å². The zero-order chi connectivity index (χ0) is 71.4. The van der Waals surface area contributed by atoms with Crippen molar-refractivity contribution in [1.82, 2.24) is 0 Å². The number of carbonyl (C=O) groups is 4. The third-order valence-corrected chi connectivity index (χ3v) is 19.8. The molecule has 0 radical (unpaired) electrons. The van der Waals surface area contributed by atoms with Gasteiger partial charge in [0.1, 0.15) is 19.3 Å². The van der Waals surface area contributed by atoms with Crippen LogP contribution < -0.4 is 0 Å². The van der Waals surface area contributed by atoms with E-state index in [1.165, 1.54) is 173 Å². The van der Waals surface area contributed by atoms with Crippen LogP contribution in [-0.2, 0) is 65.4 Å². The maximum Gasteiger partial charge on any atom is 0.472 e. The lowest BCUT2D eigenvalue weighted by atomic mass is 10.00. The molecule has 97 heavy (non-hydrogen) atoms. The first-order valence-corrected chi connectivity index (χ1v) is 42.8. The molecule has 19 heteroatoms. The van der Waals surface area contributed by atoms with Crippen molar-refractivity contribution in [2.45, 2.75) is 400 Å². The molecule has 0 aromatic heterocycles. The van der Waals surface area contributed by atoms with E-state index in [0.717, 1.165) is 127 Å². The van der Waals surface area contributed by atoms with Crippen LogP contribution >= 0.6 is 15.6 Å². The minimum Gasteiger partial charge on any atom is -0.462 e. The Balaban J connectivity index is 5.29. The van der Waals surface area contributed by atoms with Gasteiger partial charge < -0.3 is 33.8 Å². The Kier molecular flexibility index (Phi) is 67.5. The highest BCUT2D eigenvalue weighted by molar-refractivity contribution is 7.47. The molecule has 6 atom stereocenters. The first-order chi connectivity index (χ1) is 46.9. The molecule has 0 heterocycles. The molecule has 0 aromatic rings. The highest BCUT2D eigenvalue weighted by Gasteiger charge is 2.30. The van der Waals surface area contributed by atoms with Gasteiger partial charge in [-0.1, -0.05) is 329 Å². The van der Waals surface area contributed by atoms with Crippen molar-refractivity contribution in [1.29, 1.82) is 0 Å². The van der Waals surface area contributed by atoms with Gasteiger partial charge in [-0.2, -0.15) is 0 Å². The predicted molar refractivity (Wildman–Crippen MR) is 395 cm³/mol. The SMILES string of the molecule is CCCCCC/C=C\C=C/CCCCCCCC(=O)OC[C@H](COP(=O)(O)OC[C@@H](O)COP(=O)(O)OC[C@@H](COC(=O)CCCCCCCCC(C)CC)OC(=O)CCCCCCCCCCCCCCC(C)C)OC(=O)CCCCCCCCCCCCCCCCCCC. The quantitative estimate of drug-likeness (QED) is 0.0169. The van der Waals surface area contributed by atoms with Gasteiger partial charge in [-0.05, 0) is 63.2 Å². The topological polar surface area (TPSA) is 237 Å². The van der Waals surface area contributed by atoms with E-state index in [-0.39, 0.29) is 25.7 Å². The van der Waals surface area contributed by atoms with Crippen molar-refractivity contribution < 1.29 is 80.2 Å². The number of unbranched alkanes of at least 4 members (excludes halogenated alkanes) is 41. The van der Waals surface area contributed by atoms with Gasteiger partial charge in [0.2, 0.25) is 0 Å². The first kappa shape index (κ1) is 94.5. The maximum absolute atomic E-state index is 13.1. The number of phosphoric ester groups is 2. The third-order valence-electron chi connectivity index (χ3n) is 17.9. The normalized spacial score (nSPS) is 14.4. The van der Waals surface area contributed by atoms with E-state index in [1.807, 2.05) is 0 Å². The fourth-order valence-corrected chi connectivity index (χ4v) is 13.0. The van der Waals surface area contributed by atoms with Gasteiger partial charge in [-0.3, -0.25) is 37.3 Å². The van der Waals surface area contributed by atoms with Gasteiger partial charge in [0.25, 0.3) is 0 Å². The largest absolute Gasteiger partial charge is 0.472 e. The van der Waals surface area contributed by atoms with Gasteiger partial charge in [0, 0.05) is 25.7 Å². The number of phosphoric acid groups is 2. The molecule has 3 N–H and O–H groups in total. The predicted octanol–water partition coefficient (Wildman–Crippen LogP) is 22.7. The van der Waals surface area contributed by atoms with Crippen LogP contribution in [-0.4, -0.2) is 96.7 Å². The molecule has 0 spiro atoms. The van der Waals surface area contributed by atoms with Crippen LogP contribution in [0, 0.1) is 11.8 Å². The van der Waals surface area contributed by atoms with E-state index in [0.29, 0.717) is 25.7 Å². The second-order valence-corrected chi connectivity index (χ2v) is 31.0. The number of hydrogen-bond acceptors (Lipinski definition) is 15. The van der Waals surface area contributed by atoms with Gasteiger partial charge >= 0.3 is 39.5 Å². The molecular formula is C78H148O17P2. The number of aliphatic hydroxyl groups is 1. The molecule has 0 fully saturated rings. The van der Waals surface area contributed by atoms with Crippen LogP contribution in [0.4, 0.5) is 0 Å². The van der Waals surface area contributed by atoms with Crippen LogP contribution in [0.5, 0.6) is 0 Å². The molecule has 0 saturated carbocycles. The zero-order valence-corrected chi connectivity index (χ0v) is 64.7. The number of rotatable bonds is 75. The molecule has 17 nitrogen and oxygen atoms in total. The molecule has 0 amide bonds. The Labute approximate surface area is 592 Å². The maximum atomic E-state index is 13.1. The average Bonchev–Trinajstić information content (AvgIpc) is 2.04. The number of aliphatic hydroxyl groups excluding tert-OH is 1. The Hall–Kier alpha value is -2.46. The van der Waals surface area contributed by atoms with Crippen LogP contribution in [0.2, 0.25) is 0 Å². The van der Waals surface area contributed by atoms with Crippen molar-refractivity contribution in [3.05, 3.63) is 24.3 Å². The Morgan fingerprint density at radius 2 is 0.608 bits per heavy atom. The number of allylic oxidation sites excluding steroid dienone is 4. The van der Waals surface area contributed by atoms with Crippen LogP contribution in [0.25, 0.3) is 0 Å².